The zero-order chi connectivity index (χ0) is 11.2. The lowest BCUT2D eigenvalue weighted by Crippen LogP contribution is -2.18. The second-order valence-corrected chi connectivity index (χ2v) is 5.46. The van der Waals surface area contributed by atoms with Crippen LogP contribution in [0.2, 0.25) is 0 Å². The minimum absolute atomic E-state index is 0.561. The smallest absolute Gasteiger partial charge is 0.0643 e. The van der Waals surface area contributed by atoms with E-state index in [-0.39, 0.29) is 0 Å². The van der Waals surface area contributed by atoms with Gasteiger partial charge >= 0.3 is 0 Å². The molecule has 2 rings (SSSR count). The maximum Gasteiger partial charge on any atom is 0.0643 e. The molecule has 0 amide bonds. The van der Waals surface area contributed by atoms with Crippen molar-refractivity contribution < 1.29 is 4.74 Å². The van der Waals surface area contributed by atoms with Crippen LogP contribution in [0.4, 0.5) is 0 Å². The summed E-state index contributed by atoms with van der Waals surface area (Å²) in [6.07, 6.45) is 16.1. The predicted molar refractivity (Wildman–Crippen MR) is 68.5 cm³/mol. The van der Waals surface area contributed by atoms with E-state index in [2.05, 4.69) is 19.1 Å². The van der Waals surface area contributed by atoms with E-state index < -0.39 is 0 Å². The Morgan fingerprint density at radius 2 is 1.81 bits per heavy atom. The number of unbranched alkanes of at least 4 members (excludes halogenated alkanes) is 5. The second kappa shape index (κ2) is 6.44. The summed E-state index contributed by atoms with van der Waals surface area (Å²) in [6, 6.07) is 0. The monoisotopic (exact) mass is 222 g/mol. The van der Waals surface area contributed by atoms with Crippen LogP contribution in [0.1, 0.15) is 58.3 Å². The van der Waals surface area contributed by atoms with Gasteiger partial charge < -0.3 is 4.74 Å². The molecule has 1 fully saturated rings. The summed E-state index contributed by atoms with van der Waals surface area (Å²) < 4.78 is 5.99. The SMILES string of the molecule is CCCCCCCCOC1CC2C=CC1C2. The third kappa shape index (κ3) is 3.35. The first-order valence-corrected chi connectivity index (χ1v) is 7.20. The van der Waals surface area contributed by atoms with Crippen LogP contribution < -0.4 is 0 Å². The molecule has 0 saturated heterocycles. The zero-order valence-corrected chi connectivity index (χ0v) is 10.7. The van der Waals surface area contributed by atoms with E-state index in [1.54, 1.807) is 0 Å². The van der Waals surface area contributed by atoms with Crippen molar-refractivity contribution >= 4 is 0 Å². The third-order valence-electron chi connectivity index (χ3n) is 4.05. The summed E-state index contributed by atoms with van der Waals surface area (Å²) >= 11 is 0. The number of ether oxygens (including phenoxy) is 1. The summed E-state index contributed by atoms with van der Waals surface area (Å²) in [5.41, 5.74) is 0. The van der Waals surface area contributed by atoms with Crippen molar-refractivity contribution in [1.82, 2.24) is 0 Å². The molecular formula is C15H26O. The van der Waals surface area contributed by atoms with Crippen molar-refractivity contribution in [2.75, 3.05) is 6.61 Å². The minimum atomic E-state index is 0.561. The van der Waals surface area contributed by atoms with E-state index in [0.29, 0.717) is 6.10 Å². The van der Waals surface area contributed by atoms with Gasteiger partial charge in [-0.25, -0.2) is 0 Å². The first kappa shape index (κ1) is 12.2. The van der Waals surface area contributed by atoms with Gasteiger partial charge in [0, 0.05) is 12.5 Å². The lowest BCUT2D eigenvalue weighted by atomic mass is 10.0. The molecule has 16 heavy (non-hydrogen) atoms. The fourth-order valence-corrected chi connectivity index (χ4v) is 3.04. The summed E-state index contributed by atoms with van der Waals surface area (Å²) in [7, 11) is 0. The van der Waals surface area contributed by atoms with E-state index in [0.717, 1.165) is 18.4 Å². The molecule has 0 aromatic heterocycles. The number of hydrogen-bond donors (Lipinski definition) is 0. The Morgan fingerprint density at radius 1 is 1.00 bits per heavy atom. The van der Waals surface area contributed by atoms with Crippen molar-refractivity contribution in [1.29, 1.82) is 0 Å². The zero-order valence-electron chi connectivity index (χ0n) is 10.7. The van der Waals surface area contributed by atoms with Crippen LogP contribution in [0.3, 0.4) is 0 Å². The molecule has 3 atom stereocenters. The van der Waals surface area contributed by atoms with Gasteiger partial charge in [-0.05, 0) is 25.2 Å². The number of hydrogen-bond acceptors (Lipinski definition) is 1. The van der Waals surface area contributed by atoms with Crippen LogP contribution in [0.5, 0.6) is 0 Å². The molecule has 0 aliphatic heterocycles. The first-order valence-electron chi connectivity index (χ1n) is 7.20. The van der Waals surface area contributed by atoms with E-state index >= 15 is 0 Å². The Kier molecular flexibility index (Phi) is 4.90. The molecule has 0 radical (unpaired) electrons. The lowest BCUT2D eigenvalue weighted by molar-refractivity contribution is 0.0342. The molecule has 2 bridgehead atoms. The molecule has 0 spiro atoms. The molecule has 1 heteroatoms. The van der Waals surface area contributed by atoms with Gasteiger partial charge in [0.25, 0.3) is 0 Å². The predicted octanol–water partition coefficient (Wildman–Crippen LogP) is 4.33. The molecule has 1 saturated carbocycles. The van der Waals surface area contributed by atoms with Crippen LogP contribution in [-0.2, 0) is 4.74 Å². The highest BCUT2D eigenvalue weighted by molar-refractivity contribution is 5.10. The standard InChI is InChI=1S/C15H26O/c1-2-3-4-5-6-7-10-16-15-12-13-8-9-14(15)11-13/h8-9,13-15H,2-7,10-12H2,1H3. The fourth-order valence-electron chi connectivity index (χ4n) is 3.04. The molecule has 3 unspecified atom stereocenters. The normalized spacial score (nSPS) is 31.4. The Labute approximate surface area is 100 Å². The highest BCUT2D eigenvalue weighted by Crippen LogP contribution is 2.40. The van der Waals surface area contributed by atoms with Crippen LogP contribution in [-0.4, -0.2) is 12.7 Å². The van der Waals surface area contributed by atoms with Gasteiger partial charge in [0.05, 0.1) is 6.10 Å². The van der Waals surface area contributed by atoms with Crippen molar-refractivity contribution in [2.24, 2.45) is 11.8 Å². The Hall–Kier alpha value is -0.300. The molecule has 1 nitrogen and oxygen atoms in total. The number of rotatable bonds is 8. The average Bonchev–Trinajstić information content (AvgIpc) is 2.90. The van der Waals surface area contributed by atoms with Gasteiger partial charge in [-0.15, -0.1) is 0 Å². The summed E-state index contributed by atoms with van der Waals surface area (Å²) in [4.78, 5) is 0. The van der Waals surface area contributed by atoms with E-state index in [1.807, 2.05) is 0 Å². The number of fused-ring (bicyclic) bond motifs is 2. The van der Waals surface area contributed by atoms with Crippen LogP contribution in [0.25, 0.3) is 0 Å². The summed E-state index contributed by atoms with van der Waals surface area (Å²) in [5, 5.41) is 0. The van der Waals surface area contributed by atoms with E-state index in [9.17, 15) is 0 Å². The van der Waals surface area contributed by atoms with Gasteiger partial charge in [0.1, 0.15) is 0 Å². The molecule has 2 aliphatic carbocycles. The lowest BCUT2D eigenvalue weighted by Gasteiger charge is -2.18. The highest BCUT2D eigenvalue weighted by Gasteiger charge is 2.35. The summed E-state index contributed by atoms with van der Waals surface area (Å²) in [5.74, 6) is 1.60. The van der Waals surface area contributed by atoms with Crippen molar-refractivity contribution in [3.63, 3.8) is 0 Å². The maximum atomic E-state index is 5.99. The van der Waals surface area contributed by atoms with E-state index in [1.165, 1.54) is 51.4 Å². The highest BCUT2D eigenvalue weighted by atomic mass is 16.5. The van der Waals surface area contributed by atoms with Crippen molar-refractivity contribution in [3.8, 4) is 0 Å². The second-order valence-electron chi connectivity index (χ2n) is 5.46. The fraction of sp³-hybridized carbons (Fsp3) is 0.867. The van der Waals surface area contributed by atoms with Crippen LogP contribution >= 0.6 is 0 Å². The summed E-state index contributed by atoms with van der Waals surface area (Å²) in [6.45, 7) is 3.26. The molecular weight excluding hydrogens is 196 g/mol. The molecule has 0 aromatic carbocycles. The first-order chi connectivity index (χ1) is 7.90. The average molecular weight is 222 g/mol. The van der Waals surface area contributed by atoms with Crippen LogP contribution in [0, 0.1) is 11.8 Å². The molecule has 0 aromatic rings. The van der Waals surface area contributed by atoms with Gasteiger partial charge in [-0.3, -0.25) is 0 Å². The van der Waals surface area contributed by atoms with Gasteiger partial charge in [0.2, 0.25) is 0 Å². The maximum absolute atomic E-state index is 5.99. The largest absolute Gasteiger partial charge is 0.378 e. The van der Waals surface area contributed by atoms with Crippen molar-refractivity contribution in [2.45, 2.75) is 64.4 Å². The van der Waals surface area contributed by atoms with E-state index in [4.69, 9.17) is 4.74 Å². The third-order valence-corrected chi connectivity index (χ3v) is 4.05. The van der Waals surface area contributed by atoms with Crippen LogP contribution in [0.15, 0.2) is 12.2 Å². The van der Waals surface area contributed by atoms with Gasteiger partial charge in [-0.2, -0.15) is 0 Å². The number of allylic oxidation sites excluding steroid dienone is 1. The molecule has 92 valence electrons. The minimum Gasteiger partial charge on any atom is -0.378 e. The Morgan fingerprint density at radius 3 is 2.50 bits per heavy atom. The topological polar surface area (TPSA) is 9.23 Å². The van der Waals surface area contributed by atoms with Gasteiger partial charge in [-0.1, -0.05) is 51.2 Å². The Balaban J connectivity index is 1.45. The quantitative estimate of drug-likeness (QED) is 0.439. The van der Waals surface area contributed by atoms with Crippen molar-refractivity contribution in [3.05, 3.63) is 12.2 Å². The molecule has 2 aliphatic rings. The van der Waals surface area contributed by atoms with Gasteiger partial charge in [0.15, 0.2) is 0 Å². The molecule has 0 heterocycles. The molecule has 0 N–H and O–H groups in total. The Bertz CT molecular complexity index is 221.